The van der Waals surface area contributed by atoms with Crippen LogP contribution in [0.25, 0.3) is 11.8 Å². The summed E-state index contributed by atoms with van der Waals surface area (Å²) in [6.07, 6.45) is 6.36. The van der Waals surface area contributed by atoms with Gasteiger partial charge in [0.25, 0.3) is 5.91 Å². The van der Waals surface area contributed by atoms with Gasteiger partial charge in [-0.3, -0.25) is 9.59 Å². The highest BCUT2D eigenvalue weighted by Crippen LogP contribution is 2.40. The number of aromatic nitrogens is 3. The van der Waals surface area contributed by atoms with E-state index >= 15 is 0 Å². The van der Waals surface area contributed by atoms with Crippen molar-refractivity contribution in [3.05, 3.63) is 70.2 Å². The zero-order valence-corrected chi connectivity index (χ0v) is 19.5. The van der Waals surface area contributed by atoms with Crippen molar-refractivity contribution < 1.29 is 9.59 Å². The van der Waals surface area contributed by atoms with E-state index < -0.39 is 0 Å². The van der Waals surface area contributed by atoms with Crippen LogP contribution in [0.3, 0.4) is 0 Å². The van der Waals surface area contributed by atoms with Crippen molar-refractivity contribution in [2.75, 3.05) is 26.2 Å². The zero-order valence-electron chi connectivity index (χ0n) is 18.7. The first-order valence-electron chi connectivity index (χ1n) is 11.3. The van der Waals surface area contributed by atoms with Crippen molar-refractivity contribution in [3.63, 3.8) is 0 Å². The standard InChI is InChI=1S/C25H27N5O2S/c1-19-23(27-30(26-19)21-5-3-2-4-6-21)24(32)29-15-12-25(18-29)10-13-28(14-11-25)22(31)8-7-20-9-16-33-17-20/h2-9,16-17H,10-15,18H2,1H3. The van der Waals surface area contributed by atoms with Crippen molar-refractivity contribution in [2.45, 2.75) is 26.2 Å². The lowest BCUT2D eigenvalue weighted by Crippen LogP contribution is -2.44. The van der Waals surface area contributed by atoms with Crippen molar-refractivity contribution in [2.24, 2.45) is 5.41 Å². The van der Waals surface area contributed by atoms with E-state index in [0.717, 1.165) is 56.7 Å². The van der Waals surface area contributed by atoms with Crippen LogP contribution in [0, 0.1) is 12.3 Å². The van der Waals surface area contributed by atoms with E-state index in [0.29, 0.717) is 11.4 Å². The second-order valence-electron chi connectivity index (χ2n) is 8.95. The molecule has 2 fully saturated rings. The average molecular weight is 462 g/mol. The monoisotopic (exact) mass is 461 g/mol. The maximum atomic E-state index is 13.2. The molecule has 0 saturated carbocycles. The third-order valence-electron chi connectivity index (χ3n) is 6.79. The summed E-state index contributed by atoms with van der Waals surface area (Å²) in [5, 5.41) is 13.0. The summed E-state index contributed by atoms with van der Waals surface area (Å²) in [7, 11) is 0. The lowest BCUT2D eigenvalue weighted by atomic mass is 9.78. The number of carbonyl (C=O) groups is 2. The predicted octanol–water partition coefficient (Wildman–Crippen LogP) is 3.81. The van der Waals surface area contributed by atoms with Gasteiger partial charge in [0.05, 0.1) is 11.4 Å². The van der Waals surface area contributed by atoms with Gasteiger partial charge in [-0.2, -0.15) is 21.2 Å². The molecule has 33 heavy (non-hydrogen) atoms. The molecule has 2 aliphatic heterocycles. The number of hydrogen-bond acceptors (Lipinski definition) is 5. The molecule has 4 heterocycles. The van der Waals surface area contributed by atoms with Gasteiger partial charge in [-0.25, -0.2) is 0 Å². The number of amides is 2. The van der Waals surface area contributed by atoms with E-state index in [1.165, 1.54) is 4.80 Å². The quantitative estimate of drug-likeness (QED) is 0.554. The molecule has 0 N–H and O–H groups in total. The molecule has 0 radical (unpaired) electrons. The van der Waals surface area contributed by atoms with Gasteiger partial charge in [-0.15, -0.1) is 5.10 Å². The Balaban J connectivity index is 1.20. The molecule has 7 nitrogen and oxygen atoms in total. The molecule has 0 unspecified atom stereocenters. The average Bonchev–Trinajstić information content (AvgIpc) is 3.59. The lowest BCUT2D eigenvalue weighted by Gasteiger charge is -2.38. The molecular formula is C25H27N5O2S. The van der Waals surface area contributed by atoms with E-state index in [2.05, 4.69) is 10.2 Å². The van der Waals surface area contributed by atoms with Crippen molar-refractivity contribution in [1.29, 1.82) is 0 Å². The Kier molecular flexibility index (Phi) is 5.85. The molecule has 0 atom stereocenters. The van der Waals surface area contributed by atoms with Gasteiger partial charge < -0.3 is 9.80 Å². The summed E-state index contributed by atoms with van der Waals surface area (Å²) in [5.74, 6) is 0.0129. The molecule has 2 aromatic heterocycles. The van der Waals surface area contributed by atoms with Crippen molar-refractivity contribution in [1.82, 2.24) is 24.8 Å². The number of benzene rings is 1. The third kappa shape index (κ3) is 4.48. The summed E-state index contributed by atoms with van der Waals surface area (Å²) in [5.41, 5.74) is 3.05. The second-order valence-corrected chi connectivity index (χ2v) is 9.73. The fourth-order valence-corrected chi connectivity index (χ4v) is 5.39. The number of piperidine rings is 1. The largest absolute Gasteiger partial charge is 0.339 e. The Morgan fingerprint density at radius 2 is 1.73 bits per heavy atom. The highest BCUT2D eigenvalue weighted by molar-refractivity contribution is 7.08. The van der Waals surface area contributed by atoms with Crippen LogP contribution in [-0.4, -0.2) is 62.8 Å². The summed E-state index contributed by atoms with van der Waals surface area (Å²) >= 11 is 1.62. The molecule has 1 spiro atoms. The minimum atomic E-state index is -0.0521. The second kappa shape index (κ2) is 8.94. The van der Waals surface area contributed by atoms with Gasteiger partial charge in [-0.05, 0) is 72.2 Å². The molecule has 0 bridgehead atoms. The van der Waals surface area contributed by atoms with Crippen LogP contribution in [0.5, 0.6) is 0 Å². The number of rotatable bonds is 4. The number of nitrogens with zero attached hydrogens (tertiary/aromatic N) is 5. The Morgan fingerprint density at radius 1 is 1.00 bits per heavy atom. The molecule has 8 heteroatoms. The van der Waals surface area contributed by atoms with Gasteiger partial charge >= 0.3 is 0 Å². The number of aryl methyl sites for hydroxylation is 1. The van der Waals surface area contributed by atoms with Crippen molar-refractivity contribution in [3.8, 4) is 5.69 Å². The SMILES string of the molecule is Cc1nn(-c2ccccc2)nc1C(=O)N1CCC2(CCN(C(=O)C=Cc3ccsc3)CC2)C1. The summed E-state index contributed by atoms with van der Waals surface area (Å²) < 4.78 is 0. The molecular weight excluding hydrogens is 434 g/mol. The number of hydrogen-bond donors (Lipinski definition) is 0. The highest BCUT2D eigenvalue weighted by Gasteiger charge is 2.43. The first kappa shape index (κ1) is 21.6. The Hall–Kier alpha value is -3.26. The Morgan fingerprint density at radius 3 is 2.42 bits per heavy atom. The predicted molar refractivity (Wildman–Crippen MR) is 128 cm³/mol. The molecule has 2 aliphatic rings. The van der Waals surface area contributed by atoms with Crippen LogP contribution >= 0.6 is 11.3 Å². The fourth-order valence-electron chi connectivity index (χ4n) is 4.76. The van der Waals surface area contributed by atoms with E-state index in [1.807, 2.05) is 70.0 Å². The van der Waals surface area contributed by atoms with Crippen molar-refractivity contribution >= 4 is 29.2 Å². The zero-order chi connectivity index (χ0) is 22.8. The normalized spacial score (nSPS) is 17.8. The third-order valence-corrected chi connectivity index (χ3v) is 7.50. The van der Waals surface area contributed by atoms with Gasteiger partial charge in [0.1, 0.15) is 0 Å². The highest BCUT2D eigenvalue weighted by atomic mass is 32.1. The molecule has 1 aromatic carbocycles. The lowest BCUT2D eigenvalue weighted by molar-refractivity contribution is -0.128. The number of para-hydroxylation sites is 1. The molecule has 170 valence electrons. The number of thiophene rings is 1. The summed E-state index contributed by atoms with van der Waals surface area (Å²) in [6, 6.07) is 11.6. The van der Waals surface area contributed by atoms with E-state index in [4.69, 9.17) is 0 Å². The molecule has 5 rings (SSSR count). The minimum Gasteiger partial charge on any atom is -0.339 e. The van der Waals surface area contributed by atoms with Crippen LogP contribution in [0.4, 0.5) is 0 Å². The van der Waals surface area contributed by atoms with Gasteiger partial charge in [-0.1, -0.05) is 18.2 Å². The maximum Gasteiger partial charge on any atom is 0.276 e. The Labute approximate surface area is 197 Å². The minimum absolute atomic E-state index is 0.0521. The molecule has 2 saturated heterocycles. The fraction of sp³-hybridized carbons (Fsp3) is 0.360. The van der Waals surface area contributed by atoms with Crippen LogP contribution in [-0.2, 0) is 4.79 Å². The van der Waals surface area contributed by atoms with E-state index in [-0.39, 0.29) is 17.2 Å². The van der Waals surface area contributed by atoms with E-state index in [9.17, 15) is 9.59 Å². The van der Waals surface area contributed by atoms with Crippen LogP contribution in [0.2, 0.25) is 0 Å². The number of likely N-dealkylation sites (tertiary alicyclic amines) is 2. The first-order chi connectivity index (χ1) is 16.0. The molecule has 3 aromatic rings. The Bertz CT molecular complexity index is 1160. The maximum absolute atomic E-state index is 13.2. The van der Waals surface area contributed by atoms with Crippen LogP contribution in [0.15, 0.2) is 53.2 Å². The topological polar surface area (TPSA) is 71.3 Å². The molecule has 0 aliphatic carbocycles. The smallest absolute Gasteiger partial charge is 0.276 e. The molecule has 2 amide bonds. The van der Waals surface area contributed by atoms with E-state index in [1.54, 1.807) is 17.4 Å². The summed E-state index contributed by atoms with van der Waals surface area (Å²) in [4.78, 5) is 31.2. The van der Waals surface area contributed by atoms with Gasteiger partial charge in [0.2, 0.25) is 5.91 Å². The van der Waals surface area contributed by atoms with Crippen LogP contribution < -0.4 is 0 Å². The summed E-state index contributed by atoms with van der Waals surface area (Å²) in [6.45, 7) is 4.74. The van der Waals surface area contributed by atoms with Gasteiger partial charge in [0, 0.05) is 32.3 Å². The van der Waals surface area contributed by atoms with Crippen LogP contribution in [0.1, 0.15) is 41.0 Å². The van der Waals surface area contributed by atoms with Gasteiger partial charge in [0.15, 0.2) is 5.69 Å². The number of carbonyl (C=O) groups excluding carboxylic acids is 2. The first-order valence-corrected chi connectivity index (χ1v) is 12.3.